The fraction of sp³-hybridized carbons (Fsp3) is 0. The first-order chi connectivity index (χ1) is 12.8. The third-order valence-electron chi connectivity index (χ3n) is 4.18. The Bertz CT molecular complexity index is 1060. The molecule has 3 aromatic carbocycles. The van der Waals surface area contributed by atoms with Gasteiger partial charge in [-0.05, 0) is 46.7 Å². The van der Waals surface area contributed by atoms with Gasteiger partial charge in [0.15, 0.2) is 0 Å². The lowest BCUT2D eigenvalue weighted by Gasteiger charge is -2.05. The third-order valence-corrected chi connectivity index (χ3v) is 4.18. The predicted octanol–water partition coefficient (Wildman–Crippen LogP) is 4.68. The zero-order chi connectivity index (χ0) is 17.8. The van der Waals surface area contributed by atoms with Crippen LogP contribution in [0.4, 0.5) is 5.69 Å². The molecule has 0 radical (unpaired) electrons. The van der Waals surface area contributed by atoms with Crippen molar-refractivity contribution in [3.8, 4) is 5.69 Å². The molecule has 4 heteroatoms. The Morgan fingerprint density at radius 1 is 0.962 bits per heavy atom. The average molecular weight is 339 g/mol. The molecule has 0 unspecified atom stereocenters. The van der Waals surface area contributed by atoms with Crippen molar-refractivity contribution in [1.82, 2.24) is 9.55 Å². The van der Waals surface area contributed by atoms with Crippen LogP contribution in [0.25, 0.3) is 22.5 Å². The highest BCUT2D eigenvalue weighted by atomic mass is 16.1. The highest BCUT2D eigenvalue weighted by molar-refractivity contribution is 6.03. The van der Waals surface area contributed by atoms with E-state index >= 15 is 0 Å². The average Bonchev–Trinajstić information content (AvgIpc) is 3.22. The van der Waals surface area contributed by atoms with Gasteiger partial charge in [-0.3, -0.25) is 4.79 Å². The molecule has 0 saturated carbocycles. The summed E-state index contributed by atoms with van der Waals surface area (Å²) >= 11 is 0. The Hall–Kier alpha value is -3.66. The van der Waals surface area contributed by atoms with Crippen molar-refractivity contribution in [3.63, 3.8) is 0 Å². The molecule has 0 aliphatic heterocycles. The number of fused-ring (bicyclic) bond motifs is 1. The molecule has 4 aromatic rings. The summed E-state index contributed by atoms with van der Waals surface area (Å²) in [4.78, 5) is 16.3. The molecule has 1 N–H and O–H groups in total. The van der Waals surface area contributed by atoms with Gasteiger partial charge < -0.3 is 9.88 Å². The van der Waals surface area contributed by atoms with Crippen LogP contribution in [0.5, 0.6) is 0 Å². The van der Waals surface area contributed by atoms with Gasteiger partial charge in [-0.1, -0.05) is 42.5 Å². The SMILES string of the molecule is O=C(C=Cc1cccc2ccccc12)Nc1ccc(-n2ccnc2)cc1. The van der Waals surface area contributed by atoms with Gasteiger partial charge in [0, 0.05) is 29.8 Å². The van der Waals surface area contributed by atoms with Crippen LogP contribution >= 0.6 is 0 Å². The number of imidazole rings is 1. The van der Waals surface area contributed by atoms with E-state index in [9.17, 15) is 4.79 Å². The van der Waals surface area contributed by atoms with Crippen LogP contribution < -0.4 is 5.32 Å². The van der Waals surface area contributed by atoms with Gasteiger partial charge in [0.05, 0.1) is 6.33 Å². The number of anilines is 1. The van der Waals surface area contributed by atoms with Gasteiger partial charge >= 0.3 is 0 Å². The lowest BCUT2D eigenvalue weighted by molar-refractivity contribution is -0.111. The molecule has 0 atom stereocenters. The minimum atomic E-state index is -0.159. The summed E-state index contributed by atoms with van der Waals surface area (Å²) in [5.74, 6) is -0.159. The number of hydrogen-bond acceptors (Lipinski definition) is 2. The van der Waals surface area contributed by atoms with Crippen LogP contribution in [0.15, 0.2) is 91.5 Å². The van der Waals surface area contributed by atoms with E-state index in [4.69, 9.17) is 0 Å². The monoisotopic (exact) mass is 339 g/mol. The zero-order valence-corrected chi connectivity index (χ0v) is 14.0. The first-order valence-electron chi connectivity index (χ1n) is 8.35. The van der Waals surface area contributed by atoms with Gasteiger partial charge in [0.25, 0.3) is 0 Å². The largest absolute Gasteiger partial charge is 0.323 e. The van der Waals surface area contributed by atoms with Crippen molar-refractivity contribution >= 4 is 28.4 Å². The molecule has 1 heterocycles. The fourth-order valence-corrected chi connectivity index (χ4v) is 2.87. The fourth-order valence-electron chi connectivity index (χ4n) is 2.87. The highest BCUT2D eigenvalue weighted by Gasteiger charge is 2.01. The van der Waals surface area contributed by atoms with E-state index in [2.05, 4.69) is 28.5 Å². The van der Waals surface area contributed by atoms with E-state index in [0.29, 0.717) is 0 Å². The molecule has 126 valence electrons. The first-order valence-corrected chi connectivity index (χ1v) is 8.35. The first kappa shape index (κ1) is 15.8. The van der Waals surface area contributed by atoms with Crippen molar-refractivity contribution in [2.75, 3.05) is 5.32 Å². The molecular weight excluding hydrogens is 322 g/mol. The standard InChI is InChI=1S/C22H17N3O/c26-22(13-8-18-6-3-5-17-4-1-2-7-21(17)18)24-19-9-11-20(12-10-19)25-15-14-23-16-25/h1-16H,(H,24,26). The summed E-state index contributed by atoms with van der Waals surface area (Å²) in [6.45, 7) is 0. The highest BCUT2D eigenvalue weighted by Crippen LogP contribution is 2.19. The normalized spacial score (nSPS) is 11.1. The maximum absolute atomic E-state index is 12.2. The van der Waals surface area contributed by atoms with E-state index in [0.717, 1.165) is 27.7 Å². The predicted molar refractivity (Wildman–Crippen MR) is 105 cm³/mol. The molecule has 0 aliphatic carbocycles. The third kappa shape index (κ3) is 3.39. The van der Waals surface area contributed by atoms with Crippen molar-refractivity contribution in [3.05, 3.63) is 97.1 Å². The Kier molecular flexibility index (Phi) is 4.31. The van der Waals surface area contributed by atoms with Crippen LogP contribution in [0, 0.1) is 0 Å². The minimum Gasteiger partial charge on any atom is -0.323 e. The number of nitrogens with zero attached hydrogens (tertiary/aromatic N) is 2. The molecule has 0 fully saturated rings. The second-order valence-electron chi connectivity index (χ2n) is 5.91. The topological polar surface area (TPSA) is 46.9 Å². The smallest absolute Gasteiger partial charge is 0.248 e. The lowest BCUT2D eigenvalue weighted by atomic mass is 10.0. The second-order valence-corrected chi connectivity index (χ2v) is 5.91. The van der Waals surface area contributed by atoms with Crippen LogP contribution in [0.2, 0.25) is 0 Å². The van der Waals surface area contributed by atoms with E-state index in [1.54, 1.807) is 18.6 Å². The van der Waals surface area contributed by atoms with Crippen molar-refractivity contribution in [2.45, 2.75) is 0 Å². The summed E-state index contributed by atoms with van der Waals surface area (Å²) in [6.07, 6.45) is 8.75. The Balaban J connectivity index is 1.47. The molecule has 1 amide bonds. The Labute approximate surface area is 151 Å². The summed E-state index contributed by atoms with van der Waals surface area (Å²) < 4.78 is 1.91. The van der Waals surface area contributed by atoms with Gasteiger partial charge in [-0.25, -0.2) is 4.98 Å². The van der Waals surface area contributed by atoms with E-state index < -0.39 is 0 Å². The van der Waals surface area contributed by atoms with Gasteiger partial charge in [-0.15, -0.1) is 0 Å². The Morgan fingerprint density at radius 3 is 2.58 bits per heavy atom. The molecular formula is C22H17N3O. The van der Waals surface area contributed by atoms with Crippen molar-refractivity contribution in [1.29, 1.82) is 0 Å². The molecule has 4 rings (SSSR count). The minimum absolute atomic E-state index is 0.159. The molecule has 4 nitrogen and oxygen atoms in total. The van der Waals surface area contributed by atoms with Gasteiger partial charge in [-0.2, -0.15) is 0 Å². The van der Waals surface area contributed by atoms with E-state index in [1.807, 2.05) is 65.4 Å². The number of amides is 1. The maximum Gasteiger partial charge on any atom is 0.248 e. The van der Waals surface area contributed by atoms with Crippen LogP contribution in [-0.2, 0) is 4.79 Å². The Morgan fingerprint density at radius 2 is 1.77 bits per heavy atom. The van der Waals surface area contributed by atoms with E-state index in [1.165, 1.54) is 0 Å². The number of nitrogens with one attached hydrogen (secondary N) is 1. The summed E-state index contributed by atoms with van der Waals surface area (Å²) in [6, 6.07) is 21.8. The van der Waals surface area contributed by atoms with Crippen molar-refractivity contribution < 1.29 is 4.79 Å². The molecule has 0 saturated heterocycles. The molecule has 0 spiro atoms. The summed E-state index contributed by atoms with van der Waals surface area (Å²) in [5, 5.41) is 5.17. The number of benzene rings is 3. The van der Waals surface area contributed by atoms with Gasteiger partial charge in [0.1, 0.15) is 0 Å². The molecule has 1 aromatic heterocycles. The maximum atomic E-state index is 12.2. The van der Waals surface area contributed by atoms with E-state index in [-0.39, 0.29) is 5.91 Å². The second kappa shape index (κ2) is 7.07. The van der Waals surface area contributed by atoms with Crippen LogP contribution in [0.3, 0.4) is 0 Å². The van der Waals surface area contributed by atoms with Crippen molar-refractivity contribution in [2.24, 2.45) is 0 Å². The lowest BCUT2D eigenvalue weighted by Crippen LogP contribution is -2.07. The molecule has 0 bridgehead atoms. The summed E-state index contributed by atoms with van der Waals surface area (Å²) in [5.41, 5.74) is 2.77. The molecule has 26 heavy (non-hydrogen) atoms. The number of carbonyl (C=O) groups excluding carboxylic acids is 1. The molecule has 0 aliphatic rings. The van der Waals surface area contributed by atoms with Crippen LogP contribution in [-0.4, -0.2) is 15.5 Å². The van der Waals surface area contributed by atoms with Crippen LogP contribution in [0.1, 0.15) is 5.56 Å². The number of rotatable bonds is 4. The zero-order valence-electron chi connectivity index (χ0n) is 14.0. The number of hydrogen-bond donors (Lipinski definition) is 1. The summed E-state index contributed by atoms with van der Waals surface area (Å²) in [7, 11) is 0. The number of aromatic nitrogens is 2. The quantitative estimate of drug-likeness (QED) is 0.549. The number of carbonyl (C=O) groups is 1. The van der Waals surface area contributed by atoms with Gasteiger partial charge in [0.2, 0.25) is 5.91 Å².